The molecule has 128 valence electrons. The highest BCUT2D eigenvalue weighted by atomic mass is 32.1. The maximum absolute atomic E-state index is 11.7. The topological polar surface area (TPSA) is 66.9 Å². The molecule has 1 heterocycles. The summed E-state index contributed by atoms with van der Waals surface area (Å²) in [6, 6.07) is 17.7. The number of hydrogen-bond acceptors (Lipinski definition) is 5. The molecule has 1 amide bonds. The first-order chi connectivity index (χ1) is 12.1. The second kappa shape index (κ2) is 7.90. The summed E-state index contributed by atoms with van der Waals surface area (Å²) < 4.78 is 4.38. The molecular formula is C19H20N4OS. The number of amides is 1. The van der Waals surface area contributed by atoms with Crippen molar-refractivity contribution in [1.29, 1.82) is 0 Å². The van der Waals surface area contributed by atoms with E-state index in [1.807, 2.05) is 68.4 Å². The van der Waals surface area contributed by atoms with Crippen LogP contribution in [0.1, 0.15) is 19.4 Å². The summed E-state index contributed by atoms with van der Waals surface area (Å²) in [6.45, 7) is 4.40. The molecule has 2 N–H and O–H groups in total. The van der Waals surface area contributed by atoms with E-state index in [4.69, 9.17) is 0 Å². The Morgan fingerprint density at radius 1 is 1.08 bits per heavy atom. The van der Waals surface area contributed by atoms with Crippen molar-refractivity contribution in [3.05, 3.63) is 60.2 Å². The van der Waals surface area contributed by atoms with Gasteiger partial charge in [0.15, 0.2) is 5.82 Å². The molecule has 1 aromatic heterocycles. The number of benzene rings is 2. The van der Waals surface area contributed by atoms with E-state index >= 15 is 0 Å². The van der Waals surface area contributed by atoms with E-state index in [1.165, 1.54) is 11.5 Å². The summed E-state index contributed by atoms with van der Waals surface area (Å²) >= 11 is 1.35. The third kappa shape index (κ3) is 4.64. The lowest BCUT2D eigenvalue weighted by molar-refractivity contribution is -0.118. The highest BCUT2D eigenvalue weighted by molar-refractivity contribution is 7.09. The lowest BCUT2D eigenvalue weighted by Crippen LogP contribution is -2.17. The van der Waals surface area contributed by atoms with Gasteiger partial charge in [-0.3, -0.25) is 4.79 Å². The third-order valence-corrected chi connectivity index (χ3v) is 4.32. The molecule has 0 spiro atoms. The van der Waals surface area contributed by atoms with Gasteiger partial charge in [-0.25, -0.2) is 0 Å². The van der Waals surface area contributed by atoms with Crippen LogP contribution in [0.2, 0.25) is 0 Å². The molecule has 5 nitrogen and oxygen atoms in total. The molecule has 3 aromatic rings. The molecular weight excluding hydrogens is 332 g/mol. The van der Waals surface area contributed by atoms with Crippen LogP contribution in [-0.4, -0.2) is 15.3 Å². The second-order valence-electron chi connectivity index (χ2n) is 5.98. The average Bonchev–Trinajstić information content (AvgIpc) is 3.11. The summed E-state index contributed by atoms with van der Waals surface area (Å²) in [7, 11) is 0. The van der Waals surface area contributed by atoms with Crippen LogP contribution in [0.5, 0.6) is 0 Å². The lowest BCUT2D eigenvalue weighted by atomic mass is 10.1. The Balaban J connectivity index is 1.57. The molecule has 0 aliphatic rings. The Morgan fingerprint density at radius 3 is 2.48 bits per heavy atom. The van der Waals surface area contributed by atoms with Gasteiger partial charge in [-0.05, 0) is 17.7 Å². The Kier molecular flexibility index (Phi) is 5.40. The monoisotopic (exact) mass is 352 g/mol. The molecule has 0 saturated heterocycles. The molecule has 0 bridgehead atoms. The van der Waals surface area contributed by atoms with Crippen LogP contribution in [0.15, 0.2) is 54.6 Å². The molecule has 0 fully saturated rings. The van der Waals surface area contributed by atoms with E-state index in [-0.39, 0.29) is 11.8 Å². The van der Waals surface area contributed by atoms with Gasteiger partial charge in [0.1, 0.15) is 0 Å². The zero-order chi connectivity index (χ0) is 17.6. The van der Waals surface area contributed by atoms with Crippen LogP contribution in [0.3, 0.4) is 0 Å². The largest absolute Gasteiger partial charge is 0.356 e. The fourth-order valence-corrected chi connectivity index (χ4v) is 2.75. The number of anilines is 2. The van der Waals surface area contributed by atoms with E-state index in [1.54, 1.807) is 0 Å². The van der Waals surface area contributed by atoms with Gasteiger partial charge >= 0.3 is 0 Å². The minimum Gasteiger partial charge on any atom is -0.356 e. The van der Waals surface area contributed by atoms with Gasteiger partial charge in [0.25, 0.3) is 0 Å². The minimum atomic E-state index is -0.0300. The van der Waals surface area contributed by atoms with Crippen molar-refractivity contribution >= 4 is 28.3 Å². The summed E-state index contributed by atoms with van der Waals surface area (Å²) in [6.07, 6.45) is 0. The first-order valence-corrected chi connectivity index (χ1v) is 8.92. The molecule has 0 radical (unpaired) electrons. The van der Waals surface area contributed by atoms with E-state index in [0.717, 1.165) is 27.8 Å². The highest BCUT2D eigenvalue weighted by Crippen LogP contribution is 2.21. The van der Waals surface area contributed by atoms with E-state index in [9.17, 15) is 4.79 Å². The molecule has 6 heteroatoms. The van der Waals surface area contributed by atoms with Crippen LogP contribution in [0.4, 0.5) is 10.8 Å². The fraction of sp³-hybridized carbons (Fsp3) is 0.211. The van der Waals surface area contributed by atoms with Crippen molar-refractivity contribution in [3.63, 3.8) is 0 Å². The van der Waals surface area contributed by atoms with Crippen molar-refractivity contribution < 1.29 is 4.79 Å². The number of carbonyl (C=O) groups is 1. The van der Waals surface area contributed by atoms with Gasteiger partial charge in [-0.2, -0.15) is 9.36 Å². The zero-order valence-electron chi connectivity index (χ0n) is 14.2. The smallest absolute Gasteiger partial charge is 0.226 e. The van der Waals surface area contributed by atoms with Crippen LogP contribution < -0.4 is 10.6 Å². The van der Waals surface area contributed by atoms with E-state index < -0.39 is 0 Å². The number of nitrogens with zero attached hydrogens (tertiary/aromatic N) is 2. The summed E-state index contributed by atoms with van der Waals surface area (Å²) in [5.41, 5.74) is 2.93. The van der Waals surface area contributed by atoms with Gasteiger partial charge in [0.05, 0.1) is 0 Å². The molecule has 25 heavy (non-hydrogen) atoms. The second-order valence-corrected chi connectivity index (χ2v) is 6.74. The quantitative estimate of drug-likeness (QED) is 0.689. The average molecular weight is 352 g/mol. The van der Waals surface area contributed by atoms with Crippen molar-refractivity contribution in [2.24, 2.45) is 5.92 Å². The zero-order valence-corrected chi connectivity index (χ0v) is 15.0. The van der Waals surface area contributed by atoms with Gasteiger partial charge in [-0.15, -0.1) is 0 Å². The Bertz CT molecular complexity index is 828. The molecule has 0 saturated carbocycles. The maximum atomic E-state index is 11.7. The minimum absolute atomic E-state index is 0.0215. The van der Waals surface area contributed by atoms with Gasteiger partial charge < -0.3 is 10.6 Å². The Labute approximate surface area is 151 Å². The highest BCUT2D eigenvalue weighted by Gasteiger charge is 2.08. The predicted molar refractivity (Wildman–Crippen MR) is 103 cm³/mol. The number of nitrogens with one attached hydrogen (secondary N) is 2. The van der Waals surface area contributed by atoms with Crippen molar-refractivity contribution in [1.82, 2.24) is 9.36 Å². The summed E-state index contributed by atoms with van der Waals surface area (Å²) in [4.78, 5) is 16.2. The normalized spacial score (nSPS) is 10.7. The summed E-state index contributed by atoms with van der Waals surface area (Å²) in [5, 5.41) is 6.96. The van der Waals surface area contributed by atoms with Crippen LogP contribution in [0.25, 0.3) is 11.4 Å². The van der Waals surface area contributed by atoms with Crippen LogP contribution in [-0.2, 0) is 11.3 Å². The molecule has 0 aliphatic carbocycles. The molecule has 2 aromatic carbocycles. The van der Waals surface area contributed by atoms with Crippen molar-refractivity contribution in [2.75, 3.05) is 10.6 Å². The van der Waals surface area contributed by atoms with E-state index in [0.29, 0.717) is 6.54 Å². The standard InChI is InChI=1S/C19H20N4OS/c1-13(2)18(24)21-16-10-8-14(9-11-16)12-20-19-22-17(23-25-19)15-6-4-3-5-7-15/h3-11,13H,12H2,1-2H3,(H,21,24)(H,20,22,23). The Morgan fingerprint density at radius 2 is 1.80 bits per heavy atom. The first-order valence-electron chi connectivity index (χ1n) is 8.14. The molecule has 0 aliphatic heterocycles. The SMILES string of the molecule is CC(C)C(=O)Nc1ccc(CNc2nc(-c3ccccc3)ns2)cc1. The third-order valence-electron chi connectivity index (χ3n) is 3.65. The van der Waals surface area contributed by atoms with Crippen LogP contribution in [0, 0.1) is 5.92 Å². The number of rotatable bonds is 6. The number of carbonyl (C=O) groups excluding carboxylic acids is 1. The Hall–Kier alpha value is -2.73. The van der Waals surface area contributed by atoms with Crippen molar-refractivity contribution in [2.45, 2.75) is 20.4 Å². The van der Waals surface area contributed by atoms with Gasteiger partial charge in [0.2, 0.25) is 11.0 Å². The van der Waals surface area contributed by atoms with Gasteiger partial charge in [0, 0.05) is 35.2 Å². The maximum Gasteiger partial charge on any atom is 0.226 e. The van der Waals surface area contributed by atoms with Crippen LogP contribution >= 0.6 is 11.5 Å². The summed E-state index contributed by atoms with van der Waals surface area (Å²) in [5.74, 6) is 0.727. The predicted octanol–water partition coefficient (Wildman–Crippen LogP) is 4.41. The molecule has 0 unspecified atom stereocenters. The number of aromatic nitrogens is 2. The molecule has 0 atom stereocenters. The van der Waals surface area contributed by atoms with Gasteiger partial charge in [-0.1, -0.05) is 56.3 Å². The molecule has 3 rings (SSSR count). The lowest BCUT2D eigenvalue weighted by Gasteiger charge is -2.08. The number of hydrogen-bond donors (Lipinski definition) is 2. The first kappa shape index (κ1) is 17.1. The fourth-order valence-electron chi connectivity index (χ4n) is 2.17. The van der Waals surface area contributed by atoms with Crippen molar-refractivity contribution in [3.8, 4) is 11.4 Å². The van der Waals surface area contributed by atoms with E-state index in [2.05, 4.69) is 20.0 Å².